The van der Waals surface area contributed by atoms with Crippen molar-refractivity contribution < 1.29 is 0 Å². The monoisotopic (exact) mass is 230 g/mol. The van der Waals surface area contributed by atoms with Crippen molar-refractivity contribution in [2.75, 3.05) is 5.73 Å². The number of imidazole rings is 1. The van der Waals surface area contributed by atoms with E-state index in [-0.39, 0.29) is 0 Å². The van der Waals surface area contributed by atoms with E-state index in [4.69, 9.17) is 5.73 Å². The number of hydrogen-bond donors (Lipinski definition) is 1. The predicted molar refractivity (Wildman–Crippen MR) is 69.6 cm³/mol. The van der Waals surface area contributed by atoms with Crippen LogP contribution >= 0.6 is 0 Å². The zero-order chi connectivity index (χ0) is 12.4. The van der Waals surface area contributed by atoms with E-state index < -0.39 is 0 Å². The summed E-state index contributed by atoms with van der Waals surface area (Å²) >= 11 is 0. The molecule has 2 aromatic rings. The van der Waals surface area contributed by atoms with Crippen LogP contribution in [0.15, 0.2) is 18.5 Å². The van der Waals surface area contributed by atoms with Gasteiger partial charge in [0.2, 0.25) is 0 Å². The number of pyridine rings is 1. The standard InChI is InChI=1S/C13H18N4/c1-4-5-11-16-12(13(14)17(11)3)10-8-15-7-6-9(10)2/h6-8H,4-5,14H2,1-3H3. The van der Waals surface area contributed by atoms with Crippen molar-refractivity contribution in [3.63, 3.8) is 0 Å². The van der Waals surface area contributed by atoms with Crippen molar-refractivity contribution in [3.8, 4) is 11.3 Å². The van der Waals surface area contributed by atoms with Crippen LogP contribution in [0.2, 0.25) is 0 Å². The first-order valence-electron chi connectivity index (χ1n) is 5.87. The average Bonchev–Trinajstić information content (AvgIpc) is 2.59. The second-order valence-electron chi connectivity index (χ2n) is 4.26. The lowest BCUT2D eigenvalue weighted by molar-refractivity contribution is 0.764. The number of anilines is 1. The van der Waals surface area contributed by atoms with Crippen molar-refractivity contribution in [1.29, 1.82) is 0 Å². The normalized spacial score (nSPS) is 10.8. The Morgan fingerprint density at radius 3 is 2.82 bits per heavy atom. The molecule has 2 rings (SSSR count). The fourth-order valence-electron chi connectivity index (χ4n) is 1.92. The molecule has 0 spiro atoms. The van der Waals surface area contributed by atoms with Crippen LogP contribution in [0.4, 0.5) is 5.82 Å². The Labute approximate surface area is 102 Å². The molecule has 0 atom stereocenters. The van der Waals surface area contributed by atoms with Crippen molar-refractivity contribution in [1.82, 2.24) is 14.5 Å². The summed E-state index contributed by atoms with van der Waals surface area (Å²) in [6, 6.07) is 1.98. The van der Waals surface area contributed by atoms with Gasteiger partial charge in [0.1, 0.15) is 17.3 Å². The van der Waals surface area contributed by atoms with E-state index in [1.54, 1.807) is 6.20 Å². The van der Waals surface area contributed by atoms with Crippen LogP contribution in [0.1, 0.15) is 24.7 Å². The molecule has 0 bridgehead atoms. The number of nitrogens with zero attached hydrogens (tertiary/aromatic N) is 3. The number of aromatic nitrogens is 3. The molecule has 0 saturated heterocycles. The largest absolute Gasteiger partial charge is 0.383 e. The maximum Gasteiger partial charge on any atom is 0.131 e. The van der Waals surface area contributed by atoms with Crippen LogP contribution in [-0.2, 0) is 13.5 Å². The van der Waals surface area contributed by atoms with Crippen molar-refractivity contribution in [2.24, 2.45) is 7.05 Å². The van der Waals surface area contributed by atoms with Crippen LogP contribution < -0.4 is 5.73 Å². The van der Waals surface area contributed by atoms with E-state index in [1.165, 1.54) is 0 Å². The Hall–Kier alpha value is -1.84. The van der Waals surface area contributed by atoms with E-state index in [1.807, 2.05) is 30.8 Å². The first-order valence-corrected chi connectivity index (χ1v) is 5.87. The molecule has 2 aromatic heterocycles. The SMILES string of the molecule is CCCc1nc(-c2cnccc2C)c(N)n1C. The van der Waals surface area contributed by atoms with Gasteiger partial charge in [-0.15, -0.1) is 0 Å². The molecule has 90 valence electrons. The molecule has 0 radical (unpaired) electrons. The summed E-state index contributed by atoms with van der Waals surface area (Å²) in [5.41, 5.74) is 9.12. The first kappa shape index (κ1) is 11.6. The Morgan fingerprint density at radius 1 is 1.41 bits per heavy atom. The van der Waals surface area contributed by atoms with E-state index in [0.717, 1.165) is 35.5 Å². The lowest BCUT2D eigenvalue weighted by Gasteiger charge is -2.03. The number of hydrogen-bond acceptors (Lipinski definition) is 3. The molecule has 2 heterocycles. The Morgan fingerprint density at radius 2 is 2.18 bits per heavy atom. The van der Waals surface area contributed by atoms with E-state index in [0.29, 0.717) is 5.82 Å². The summed E-state index contributed by atoms with van der Waals surface area (Å²) in [4.78, 5) is 8.77. The molecule has 0 aliphatic heterocycles. The predicted octanol–water partition coefficient (Wildman–Crippen LogP) is 2.33. The Kier molecular flexibility index (Phi) is 3.13. The molecule has 0 aromatic carbocycles. The molecule has 0 aliphatic carbocycles. The molecular weight excluding hydrogens is 212 g/mol. The van der Waals surface area contributed by atoms with E-state index in [2.05, 4.69) is 16.9 Å². The molecule has 4 heteroatoms. The molecule has 0 saturated carbocycles. The van der Waals surface area contributed by atoms with Gasteiger partial charge >= 0.3 is 0 Å². The minimum atomic E-state index is 0.713. The maximum atomic E-state index is 6.11. The minimum Gasteiger partial charge on any atom is -0.383 e. The minimum absolute atomic E-state index is 0.713. The summed E-state index contributed by atoms with van der Waals surface area (Å²) in [7, 11) is 1.96. The van der Waals surface area contributed by atoms with Crippen molar-refractivity contribution >= 4 is 5.82 Å². The number of rotatable bonds is 3. The third-order valence-corrected chi connectivity index (χ3v) is 3.00. The van der Waals surface area contributed by atoms with Gasteiger partial charge in [0.05, 0.1) is 0 Å². The molecule has 0 unspecified atom stereocenters. The molecular formula is C13H18N4. The van der Waals surface area contributed by atoms with E-state index in [9.17, 15) is 0 Å². The summed E-state index contributed by atoms with van der Waals surface area (Å²) in [5.74, 6) is 1.74. The van der Waals surface area contributed by atoms with Gasteiger partial charge in [-0.2, -0.15) is 0 Å². The number of aryl methyl sites for hydroxylation is 2. The number of nitrogen functional groups attached to an aromatic ring is 1. The lowest BCUT2D eigenvalue weighted by atomic mass is 10.1. The molecule has 17 heavy (non-hydrogen) atoms. The van der Waals surface area contributed by atoms with Gasteiger partial charge in [0, 0.05) is 31.4 Å². The highest BCUT2D eigenvalue weighted by Crippen LogP contribution is 2.27. The Balaban J connectivity index is 2.53. The van der Waals surface area contributed by atoms with Crippen molar-refractivity contribution in [2.45, 2.75) is 26.7 Å². The third-order valence-electron chi connectivity index (χ3n) is 3.00. The summed E-state index contributed by atoms with van der Waals surface area (Å²) in [6.07, 6.45) is 5.62. The van der Waals surface area contributed by atoms with Gasteiger partial charge in [-0.25, -0.2) is 4.98 Å². The molecule has 0 fully saturated rings. The quantitative estimate of drug-likeness (QED) is 0.880. The number of nitrogens with two attached hydrogens (primary N) is 1. The van der Waals surface area contributed by atoms with E-state index >= 15 is 0 Å². The Bertz CT molecular complexity index is 528. The van der Waals surface area contributed by atoms with Gasteiger partial charge in [-0.1, -0.05) is 6.92 Å². The summed E-state index contributed by atoms with van der Waals surface area (Å²) in [6.45, 7) is 4.19. The van der Waals surface area contributed by atoms with Gasteiger partial charge in [0.15, 0.2) is 0 Å². The summed E-state index contributed by atoms with van der Waals surface area (Å²) in [5, 5.41) is 0. The fraction of sp³-hybridized carbons (Fsp3) is 0.385. The van der Waals surface area contributed by atoms with Gasteiger partial charge in [0.25, 0.3) is 0 Å². The van der Waals surface area contributed by atoms with Crippen LogP contribution in [0.5, 0.6) is 0 Å². The summed E-state index contributed by atoms with van der Waals surface area (Å²) < 4.78 is 1.96. The van der Waals surface area contributed by atoms with Gasteiger partial charge < -0.3 is 10.3 Å². The smallest absolute Gasteiger partial charge is 0.131 e. The second kappa shape index (κ2) is 4.57. The van der Waals surface area contributed by atoms with Crippen LogP contribution in [-0.4, -0.2) is 14.5 Å². The first-order chi connectivity index (χ1) is 8.15. The fourth-order valence-corrected chi connectivity index (χ4v) is 1.92. The van der Waals surface area contributed by atoms with Crippen LogP contribution in [0.25, 0.3) is 11.3 Å². The highest BCUT2D eigenvalue weighted by atomic mass is 15.1. The van der Waals surface area contributed by atoms with Crippen LogP contribution in [0, 0.1) is 6.92 Å². The van der Waals surface area contributed by atoms with Gasteiger partial charge in [-0.3, -0.25) is 4.98 Å². The van der Waals surface area contributed by atoms with Crippen molar-refractivity contribution in [3.05, 3.63) is 29.8 Å². The maximum absolute atomic E-state index is 6.11. The highest BCUT2D eigenvalue weighted by molar-refractivity contribution is 5.72. The average molecular weight is 230 g/mol. The highest BCUT2D eigenvalue weighted by Gasteiger charge is 2.14. The third kappa shape index (κ3) is 2.02. The molecule has 4 nitrogen and oxygen atoms in total. The molecule has 2 N–H and O–H groups in total. The lowest BCUT2D eigenvalue weighted by Crippen LogP contribution is -2.01. The topological polar surface area (TPSA) is 56.7 Å². The zero-order valence-corrected chi connectivity index (χ0v) is 10.6. The van der Waals surface area contributed by atoms with Gasteiger partial charge in [-0.05, 0) is 25.0 Å². The zero-order valence-electron chi connectivity index (χ0n) is 10.6. The second-order valence-corrected chi connectivity index (χ2v) is 4.26. The molecule has 0 aliphatic rings. The van der Waals surface area contributed by atoms with Crippen LogP contribution in [0.3, 0.4) is 0 Å². The molecule has 0 amide bonds.